The molecule has 1 atom stereocenters. The van der Waals surface area contributed by atoms with Crippen LogP contribution in [0.4, 0.5) is 13.2 Å². The predicted octanol–water partition coefficient (Wildman–Crippen LogP) is 4.02. The number of rotatable bonds is 6. The van der Waals surface area contributed by atoms with E-state index in [0.717, 1.165) is 18.8 Å². The minimum Gasteiger partial charge on any atom is -0.328 e. The van der Waals surface area contributed by atoms with Crippen LogP contribution in [0, 0.1) is 5.92 Å². The van der Waals surface area contributed by atoms with Gasteiger partial charge in [-0.3, -0.25) is 0 Å². The SMILES string of the molecule is NC(CCCC(F)(F)F)CCC1CCCC1. The topological polar surface area (TPSA) is 26.0 Å². The molecule has 0 aromatic rings. The maximum Gasteiger partial charge on any atom is 0.389 e. The monoisotopic (exact) mass is 237 g/mol. The Balaban J connectivity index is 2.00. The number of hydrogen-bond acceptors (Lipinski definition) is 1. The minimum absolute atomic E-state index is 0.0389. The van der Waals surface area contributed by atoms with Crippen LogP contribution >= 0.6 is 0 Å². The van der Waals surface area contributed by atoms with Gasteiger partial charge in [-0.25, -0.2) is 0 Å². The molecule has 0 spiro atoms. The Hall–Kier alpha value is -0.250. The van der Waals surface area contributed by atoms with E-state index in [4.69, 9.17) is 5.73 Å². The highest BCUT2D eigenvalue weighted by atomic mass is 19.4. The molecule has 16 heavy (non-hydrogen) atoms. The lowest BCUT2D eigenvalue weighted by Crippen LogP contribution is -2.21. The molecule has 96 valence electrons. The van der Waals surface area contributed by atoms with Crippen LogP contribution in [0.25, 0.3) is 0 Å². The number of hydrogen-bond donors (Lipinski definition) is 1. The van der Waals surface area contributed by atoms with Crippen molar-refractivity contribution in [2.45, 2.75) is 70.0 Å². The van der Waals surface area contributed by atoms with Gasteiger partial charge in [0.1, 0.15) is 0 Å². The molecule has 1 saturated carbocycles. The molecule has 0 saturated heterocycles. The van der Waals surface area contributed by atoms with Crippen LogP contribution in [0.3, 0.4) is 0 Å². The number of halogens is 3. The summed E-state index contributed by atoms with van der Waals surface area (Å²) in [6, 6.07) is -0.0389. The first kappa shape index (κ1) is 13.8. The zero-order valence-electron chi connectivity index (χ0n) is 9.73. The summed E-state index contributed by atoms with van der Waals surface area (Å²) in [5.74, 6) is 0.786. The van der Waals surface area contributed by atoms with E-state index in [9.17, 15) is 13.2 Å². The predicted molar refractivity (Wildman–Crippen MR) is 59.1 cm³/mol. The molecule has 0 aliphatic heterocycles. The van der Waals surface area contributed by atoms with Gasteiger partial charge in [0.05, 0.1) is 0 Å². The van der Waals surface area contributed by atoms with Gasteiger partial charge in [0, 0.05) is 12.5 Å². The Labute approximate surface area is 95.6 Å². The summed E-state index contributed by atoms with van der Waals surface area (Å²) in [4.78, 5) is 0. The van der Waals surface area contributed by atoms with Crippen molar-refractivity contribution in [3.05, 3.63) is 0 Å². The Kier molecular flexibility index (Phi) is 5.59. The molecule has 0 heterocycles. The van der Waals surface area contributed by atoms with Gasteiger partial charge < -0.3 is 5.73 Å². The lowest BCUT2D eigenvalue weighted by Gasteiger charge is -2.15. The Bertz CT molecular complexity index is 185. The third-order valence-corrected chi connectivity index (χ3v) is 3.46. The van der Waals surface area contributed by atoms with Crippen molar-refractivity contribution in [3.8, 4) is 0 Å². The molecule has 1 rings (SSSR count). The van der Waals surface area contributed by atoms with Crippen LogP contribution in [0.15, 0.2) is 0 Å². The first-order chi connectivity index (χ1) is 7.47. The number of alkyl halides is 3. The summed E-state index contributed by atoms with van der Waals surface area (Å²) >= 11 is 0. The second-order valence-corrected chi connectivity index (χ2v) is 5.00. The lowest BCUT2D eigenvalue weighted by molar-refractivity contribution is -0.135. The fourth-order valence-electron chi connectivity index (χ4n) is 2.46. The van der Waals surface area contributed by atoms with Crippen molar-refractivity contribution in [2.75, 3.05) is 0 Å². The molecule has 0 radical (unpaired) electrons. The van der Waals surface area contributed by atoms with E-state index in [1.807, 2.05) is 0 Å². The van der Waals surface area contributed by atoms with E-state index in [-0.39, 0.29) is 12.5 Å². The molecule has 1 nitrogen and oxygen atoms in total. The van der Waals surface area contributed by atoms with Gasteiger partial charge in [-0.1, -0.05) is 25.7 Å². The normalized spacial score (nSPS) is 20.2. The van der Waals surface area contributed by atoms with Crippen molar-refractivity contribution in [1.29, 1.82) is 0 Å². The molecule has 1 unspecified atom stereocenters. The van der Waals surface area contributed by atoms with Gasteiger partial charge in [-0.05, 0) is 31.6 Å². The average Bonchev–Trinajstić information content (AvgIpc) is 2.65. The first-order valence-electron chi connectivity index (χ1n) is 6.30. The van der Waals surface area contributed by atoms with E-state index < -0.39 is 12.6 Å². The molecule has 0 aromatic carbocycles. The van der Waals surface area contributed by atoms with E-state index in [2.05, 4.69) is 0 Å². The quantitative estimate of drug-likeness (QED) is 0.742. The fourth-order valence-corrected chi connectivity index (χ4v) is 2.46. The van der Waals surface area contributed by atoms with Gasteiger partial charge in [0.25, 0.3) is 0 Å². The van der Waals surface area contributed by atoms with E-state index in [1.54, 1.807) is 0 Å². The molecule has 2 N–H and O–H groups in total. The van der Waals surface area contributed by atoms with Crippen LogP contribution in [0.2, 0.25) is 0 Å². The van der Waals surface area contributed by atoms with E-state index in [1.165, 1.54) is 25.7 Å². The molecule has 1 aliphatic carbocycles. The second-order valence-electron chi connectivity index (χ2n) is 5.00. The third-order valence-electron chi connectivity index (χ3n) is 3.46. The standard InChI is InChI=1S/C12H22F3N/c13-12(14,15)9-3-6-11(16)8-7-10-4-1-2-5-10/h10-11H,1-9,16H2. The zero-order chi connectivity index (χ0) is 12.0. The third kappa shape index (κ3) is 6.36. The minimum atomic E-state index is -4.02. The summed E-state index contributed by atoms with van der Waals surface area (Å²) in [5.41, 5.74) is 5.81. The average molecular weight is 237 g/mol. The van der Waals surface area contributed by atoms with Gasteiger partial charge in [0.15, 0.2) is 0 Å². The fraction of sp³-hybridized carbons (Fsp3) is 1.00. The first-order valence-corrected chi connectivity index (χ1v) is 6.30. The van der Waals surface area contributed by atoms with Crippen LogP contribution in [-0.2, 0) is 0 Å². The van der Waals surface area contributed by atoms with Crippen LogP contribution in [0.5, 0.6) is 0 Å². The molecular formula is C12H22F3N. The smallest absolute Gasteiger partial charge is 0.328 e. The summed E-state index contributed by atoms with van der Waals surface area (Å²) in [6.07, 6.45) is 3.17. The number of nitrogens with two attached hydrogens (primary N) is 1. The van der Waals surface area contributed by atoms with Crippen LogP contribution < -0.4 is 5.73 Å². The molecule has 0 amide bonds. The highest BCUT2D eigenvalue weighted by Gasteiger charge is 2.26. The van der Waals surface area contributed by atoms with Crippen molar-refractivity contribution >= 4 is 0 Å². The summed E-state index contributed by atoms with van der Waals surface area (Å²) in [6.45, 7) is 0. The summed E-state index contributed by atoms with van der Waals surface area (Å²) < 4.78 is 35.7. The Morgan fingerprint density at radius 2 is 1.75 bits per heavy atom. The van der Waals surface area contributed by atoms with Gasteiger partial charge in [-0.15, -0.1) is 0 Å². The maximum atomic E-state index is 11.9. The summed E-state index contributed by atoms with van der Waals surface area (Å²) in [5, 5.41) is 0. The highest BCUT2D eigenvalue weighted by Crippen LogP contribution is 2.29. The lowest BCUT2D eigenvalue weighted by atomic mass is 9.96. The molecule has 4 heteroatoms. The molecule has 1 fully saturated rings. The van der Waals surface area contributed by atoms with Crippen molar-refractivity contribution in [3.63, 3.8) is 0 Å². The largest absolute Gasteiger partial charge is 0.389 e. The zero-order valence-corrected chi connectivity index (χ0v) is 9.73. The maximum absolute atomic E-state index is 11.9. The molecule has 0 aromatic heterocycles. The Morgan fingerprint density at radius 1 is 1.12 bits per heavy atom. The van der Waals surface area contributed by atoms with Crippen molar-refractivity contribution in [1.82, 2.24) is 0 Å². The van der Waals surface area contributed by atoms with Crippen molar-refractivity contribution < 1.29 is 13.2 Å². The van der Waals surface area contributed by atoms with Crippen LogP contribution in [0.1, 0.15) is 57.8 Å². The van der Waals surface area contributed by atoms with Crippen molar-refractivity contribution in [2.24, 2.45) is 11.7 Å². The van der Waals surface area contributed by atoms with Gasteiger partial charge >= 0.3 is 6.18 Å². The van der Waals surface area contributed by atoms with E-state index in [0.29, 0.717) is 6.42 Å². The van der Waals surface area contributed by atoms with Gasteiger partial charge in [-0.2, -0.15) is 13.2 Å². The Morgan fingerprint density at radius 3 is 2.31 bits per heavy atom. The van der Waals surface area contributed by atoms with E-state index >= 15 is 0 Å². The highest BCUT2D eigenvalue weighted by molar-refractivity contribution is 4.71. The van der Waals surface area contributed by atoms with Crippen LogP contribution in [-0.4, -0.2) is 12.2 Å². The molecule has 0 bridgehead atoms. The molecule has 1 aliphatic rings. The molecular weight excluding hydrogens is 215 g/mol. The van der Waals surface area contributed by atoms with Gasteiger partial charge in [0.2, 0.25) is 0 Å². The summed E-state index contributed by atoms with van der Waals surface area (Å²) in [7, 11) is 0. The second kappa shape index (κ2) is 6.48.